The number of rotatable bonds is 5. The van der Waals surface area contributed by atoms with Gasteiger partial charge in [0.2, 0.25) is 11.8 Å². The summed E-state index contributed by atoms with van der Waals surface area (Å²) < 4.78 is 0. The molecule has 1 fully saturated rings. The van der Waals surface area contributed by atoms with Gasteiger partial charge in [-0.25, -0.2) is 0 Å². The number of amides is 2. The quantitative estimate of drug-likeness (QED) is 0.672. The first-order valence-electron chi connectivity index (χ1n) is 6.42. The molecule has 6 nitrogen and oxygen atoms in total. The van der Waals surface area contributed by atoms with Crippen molar-refractivity contribution in [2.75, 3.05) is 13.1 Å². The normalized spacial score (nSPS) is 18.0. The summed E-state index contributed by atoms with van der Waals surface area (Å²) in [5, 5.41) is 8.47. The van der Waals surface area contributed by atoms with Crippen molar-refractivity contribution in [1.29, 1.82) is 0 Å². The SMILES string of the molecule is O=C(CNC(=O)C1CCCN1)NCc1ccncc1. The van der Waals surface area contributed by atoms with E-state index >= 15 is 0 Å². The zero-order valence-corrected chi connectivity index (χ0v) is 10.7. The molecular formula is C13H18N4O2. The summed E-state index contributed by atoms with van der Waals surface area (Å²) in [5.74, 6) is -0.292. The van der Waals surface area contributed by atoms with E-state index in [0.717, 1.165) is 24.9 Å². The Morgan fingerprint density at radius 3 is 2.79 bits per heavy atom. The van der Waals surface area contributed by atoms with Crippen LogP contribution in [-0.4, -0.2) is 35.9 Å². The van der Waals surface area contributed by atoms with E-state index in [-0.39, 0.29) is 24.4 Å². The van der Waals surface area contributed by atoms with Crippen LogP contribution in [0.2, 0.25) is 0 Å². The fourth-order valence-corrected chi connectivity index (χ4v) is 1.96. The van der Waals surface area contributed by atoms with E-state index in [1.54, 1.807) is 12.4 Å². The number of pyridine rings is 1. The third-order valence-corrected chi connectivity index (χ3v) is 3.04. The Hall–Kier alpha value is -1.95. The van der Waals surface area contributed by atoms with E-state index in [2.05, 4.69) is 20.9 Å². The molecule has 1 atom stereocenters. The van der Waals surface area contributed by atoms with Gasteiger partial charge in [-0.15, -0.1) is 0 Å². The molecule has 0 radical (unpaired) electrons. The Morgan fingerprint density at radius 1 is 1.32 bits per heavy atom. The number of carbonyl (C=O) groups excluding carboxylic acids is 2. The highest BCUT2D eigenvalue weighted by atomic mass is 16.2. The average Bonchev–Trinajstić information content (AvgIpc) is 2.98. The van der Waals surface area contributed by atoms with Crippen molar-refractivity contribution in [2.45, 2.75) is 25.4 Å². The zero-order chi connectivity index (χ0) is 13.5. The van der Waals surface area contributed by atoms with Crippen LogP contribution < -0.4 is 16.0 Å². The molecule has 6 heteroatoms. The van der Waals surface area contributed by atoms with Gasteiger partial charge in [0.25, 0.3) is 0 Å². The van der Waals surface area contributed by atoms with E-state index in [1.807, 2.05) is 12.1 Å². The molecular weight excluding hydrogens is 244 g/mol. The summed E-state index contributed by atoms with van der Waals surface area (Å²) in [6.45, 7) is 1.33. The van der Waals surface area contributed by atoms with Crippen LogP contribution in [0, 0.1) is 0 Å². The highest BCUT2D eigenvalue weighted by Gasteiger charge is 2.21. The zero-order valence-electron chi connectivity index (χ0n) is 10.7. The van der Waals surface area contributed by atoms with Crippen molar-refractivity contribution in [3.05, 3.63) is 30.1 Å². The minimum Gasteiger partial charge on any atom is -0.350 e. The first-order valence-corrected chi connectivity index (χ1v) is 6.42. The molecule has 19 heavy (non-hydrogen) atoms. The maximum Gasteiger partial charge on any atom is 0.239 e. The van der Waals surface area contributed by atoms with E-state index in [4.69, 9.17) is 0 Å². The maximum absolute atomic E-state index is 11.7. The Kier molecular flexibility index (Phi) is 4.85. The van der Waals surface area contributed by atoms with Crippen LogP contribution in [0.4, 0.5) is 0 Å². The topological polar surface area (TPSA) is 83.1 Å². The van der Waals surface area contributed by atoms with E-state index in [0.29, 0.717) is 6.54 Å². The smallest absolute Gasteiger partial charge is 0.239 e. The lowest BCUT2D eigenvalue weighted by atomic mass is 10.2. The molecule has 2 heterocycles. The van der Waals surface area contributed by atoms with Gasteiger partial charge in [0.05, 0.1) is 12.6 Å². The van der Waals surface area contributed by atoms with E-state index in [9.17, 15) is 9.59 Å². The Balaban J connectivity index is 1.65. The van der Waals surface area contributed by atoms with E-state index in [1.165, 1.54) is 0 Å². The van der Waals surface area contributed by atoms with Gasteiger partial charge < -0.3 is 16.0 Å². The lowest BCUT2D eigenvalue weighted by Crippen LogP contribution is -2.44. The molecule has 1 aromatic heterocycles. The number of hydrogen-bond donors (Lipinski definition) is 3. The summed E-state index contributed by atoms with van der Waals surface area (Å²) in [4.78, 5) is 27.1. The maximum atomic E-state index is 11.7. The summed E-state index contributed by atoms with van der Waals surface area (Å²) in [5.41, 5.74) is 0.979. The molecule has 3 N–H and O–H groups in total. The molecule has 1 unspecified atom stereocenters. The van der Waals surface area contributed by atoms with Gasteiger partial charge in [-0.05, 0) is 37.1 Å². The van der Waals surface area contributed by atoms with Crippen LogP contribution in [0.25, 0.3) is 0 Å². The Morgan fingerprint density at radius 2 is 2.11 bits per heavy atom. The Bertz CT molecular complexity index is 430. The molecule has 0 spiro atoms. The van der Waals surface area contributed by atoms with Gasteiger partial charge in [-0.1, -0.05) is 0 Å². The fourth-order valence-electron chi connectivity index (χ4n) is 1.96. The predicted molar refractivity (Wildman–Crippen MR) is 70.1 cm³/mol. The van der Waals surface area contributed by atoms with Crippen LogP contribution >= 0.6 is 0 Å². The van der Waals surface area contributed by atoms with Crippen molar-refractivity contribution in [3.63, 3.8) is 0 Å². The molecule has 2 rings (SSSR count). The molecule has 0 bridgehead atoms. The number of carbonyl (C=O) groups is 2. The van der Waals surface area contributed by atoms with Crippen molar-refractivity contribution in [1.82, 2.24) is 20.9 Å². The largest absolute Gasteiger partial charge is 0.350 e. The molecule has 0 aliphatic carbocycles. The van der Waals surface area contributed by atoms with Crippen molar-refractivity contribution in [3.8, 4) is 0 Å². The van der Waals surface area contributed by atoms with Gasteiger partial charge in [-0.3, -0.25) is 14.6 Å². The van der Waals surface area contributed by atoms with Gasteiger partial charge >= 0.3 is 0 Å². The minimum atomic E-state index is -0.192. The van der Waals surface area contributed by atoms with Gasteiger partial charge in [-0.2, -0.15) is 0 Å². The number of hydrogen-bond acceptors (Lipinski definition) is 4. The first-order chi connectivity index (χ1) is 9.25. The highest BCUT2D eigenvalue weighted by Crippen LogP contribution is 2.04. The lowest BCUT2D eigenvalue weighted by Gasteiger charge is -2.11. The first kappa shape index (κ1) is 13.5. The summed E-state index contributed by atoms with van der Waals surface area (Å²) >= 11 is 0. The van der Waals surface area contributed by atoms with Crippen LogP contribution in [0.5, 0.6) is 0 Å². The third-order valence-electron chi connectivity index (χ3n) is 3.04. The van der Waals surface area contributed by atoms with Crippen LogP contribution in [0.15, 0.2) is 24.5 Å². The fraction of sp³-hybridized carbons (Fsp3) is 0.462. The summed E-state index contributed by atoms with van der Waals surface area (Å²) in [6, 6.07) is 3.52. The van der Waals surface area contributed by atoms with Gasteiger partial charge in [0, 0.05) is 18.9 Å². The predicted octanol–water partition coefficient (Wildman–Crippen LogP) is -0.434. The van der Waals surface area contributed by atoms with Crippen LogP contribution in [0.1, 0.15) is 18.4 Å². The monoisotopic (exact) mass is 262 g/mol. The van der Waals surface area contributed by atoms with Crippen LogP contribution in [0.3, 0.4) is 0 Å². The third kappa shape index (κ3) is 4.33. The molecule has 1 aliphatic rings. The van der Waals surface area contributed by atoms with Crippen LogP contribution in [-0.2, 0) is 16.1 Å². The van der Waals surface area contributed by atoms with Gasteiger partial charge in [0.1, 0.15) is 0 Å². The standard InChI is InChI=1S/C13H18N4O2/c18-12(16-8-10-3-6-14-7-4-10)9-17-13(19)11-2-1-5-15-11/h3-4,6-7,11,15H,1-2,5,8-9H2,(H,16,18)(H,17,19). The van der Waals surface area contributed by atoms with E-state index < -0.39 is 0 Å². The lowest BCUT2D eigenvalue weighted by molar-refractivity contribution is -0.127. The summed E-state index contributed by atoms with van der Waals surface area (Å²) in [6.07, 6.45) is 5.20. The molecule has 1 saturated heterocycles. The molecule has 1 aromatic rings. The van der Waals surface area contributed by atoms with Crippen molar-refractivity contribution in [2.24, 2.45) is 0 Å². The second-order valence-corrected chi connectivity index (χ2v) is 4.50. The number of nitrogens with one attached hydrogen (secondary N) is 3. The van der Waals surface area contributed by atoms with Crippen molar-refractivity contribution >= 4 is 11.8 Å². The molecule has 102 valence electrons. The molecule has 0 aromatic carbocycles. The number of nitrogens with zero attached hydrogens (tertiary/aromatic N) is 1. The molecule has 2 amide bonds. The summed E-state index contributed by atoms with van der Waals surface area (Å²) in [7, 11) is 0. The average molecular weight is 262 g/mol. The highest BCUT2D eigenvalue weighted by molar-refractivity contribution is 5.87. The van der Waals surface area contributed by atoms with Crippen molar-refractivity contribution < 1.29 is 9.59 Å². The minimum absolute atomic E-state index is 0.0160. The number of aromatic nitrogens is 1. The Labute approximate surface area is 112 Å². The molecule has 0 saturated carbocycles. The molecule has 1 aliphatic heterocycles. The second-order valence-electron chi connectivity index (χ2n) is 4.50. The second kappa shape index (κ2) is 6.84. The van der Waals surface area contributed by atoms with Gasteiger partial charge in [0.15, 0.2) is 0 Å².